The van der Waals surface area contributed by atoms with E-state index in [9.17, 15) is 13.2 Å². The maximum atomic E-state index is 12.5. The lowest BCUT2D eigenvalue weighted by Gasteiger charge is -2.24. The molecular weight excluding hydrogens is 412 g/mol. The lowest BCUT2D eigenvalue weighted by Crippen LogP contribution is -2.33. The highest BCUT2D eigenvalue weighted by Gasteiger charge is 2.21. The quantitative estimate of drug-likeness (QED) is 0.586. The smallest absolute Gasteiger partial charge is 0.232 e. The number of anilines is 1. The van der Waals surface area contributed by atoms with Crippen molar-refractivity contribution in [3.8, 4) is 5.75 Å². The Labute approximate surface area is 186 Å². The number of hydrogen-bond acceptors (Lipinski definition) is 4. The van der Waals surface area contributed by atoms with E-state index in [2.05, 4.69) is 31.3 Å². The van der Waals surface area contributed by atoms with Crippen LogP contribution in [0.1, 0.15) is 55.0 Å². The molecule has 0 heterocycles. The Morgan fingerprint density at radius 1 is 1.10 bits per heavy atom. The van der Waals surface area contributed by atoms with Crippen molar-refractivity contribution in [2.75, 3.05) is 23.7 Å². The maximum absolute atomic E-state index is 12.5. The topological polar surface area (TPSA) is 75.7 Å². The zero-order chi connectivity index (χ0) is 23.2. The predicted octanol–water partition coefficient (Wildman–Crippen LogP) is 4.43. The first kappa shape index (κ1) is 24.7. The van der Waals surface area contributed by atoms with E-state index in [1.54, 1.807) is 24.3 Å². The zero-order valence-electron chi connectivity index (χ0n) is 19.4. The van der Waals surface area contributed by atoms with Gasteiger partial charge in [-0.25, -0.2) is 8.42 Å². The Hall–Kier alpha value is -2.54. The van der Waals surface area contributed by atoms with Crippen molar-refractivity contribution >= 4 is 21.6 Å². The summed E-state index contributed by atoms with van der Waals surface area (Å²) in [4.78, 5) is 12.5. The molecule has 0 aliphatic heterocycles. The third kappa shape index (κ3) is 6.72. The first-order chi connectivity index (χ1) is 14.5. The summed E-state index contributed by atoms with van der Waals surface area (Å²) in [5.41, 5.74) is 5.16. The molecule has 1 atom stereocenters. The van der Waals surface area contributed by atoms with Gasteiger partial charge in [-0.15, -0.1) is 0 Å². The number of benzene rings is 2. The van der Waals surface area contributed by atoms with Crippen molar-refractivity contribution in [3.05, 3.63) is 58.7 Å². The second-order valence-electron chi connectivity index (χ2n) is 7.92. The molecule has 2 aromatic rings. The Kier molecular flexibility index (Phi) is 8.51. The third-order valence-corrected chi connectivity index (χ3v) is 6.51. The van der Waals surface area contributed by atoms with Crippen LogP contribution in [0.15, 0.2) is 36.4 Å². The Balaban J connectivity index is 2.03. The molecule has 2 aromatic carbocycles. The van der Waals surface area contributed by atoms with Crippen LogP contribution in [0.3, 0.4) is 0 Å². The fraction of sp³-hybridized carbons (Fsp3) is 0.458. The molecule has 6 nitrogen and oxygen atoms in total. The standard InChI is InChI=1S/C24H34N2O4S/c1-7-30-23-12-9-8-11-22(23)26(31(6,28)29)14-10-13-24(27)25-20(5)21-16-18(3)17(2)15-19(21)4/h8-9,11-12,15-16,20H,7,10,13-14H2,1-6H3,(H,25,27)/t20-/m1/s1. The largest absolute Gasteiger partial charge is 0.492 e. The summed E-state index contributed by atoms with van der Waals surface area (Å²) in [5, 5.41) is 3.04. The van der Waals surface area contributed by atoms with E-state index in [4.69, 9.17) is 4.74 Å². The van der Waals surface area contributed by atoms with Gasteiger partial charge in [-0.1, -0.05) is 24.3 Å². The van der Waals surface area contributed by atoms with Gasteiger partial charge < -0.3 is 10.1 Å². The molecule has 0 saturated heterocycles. The number of ether oxygens (including phenoxy) is 1. The molecule has 0 unspecified atom stereocenters. The summed E-state index contributed by atoms with van der Waals surface area (Å²) in [6.07, 6.45) is 1.80. The van der Waals surface area contributed by atoms with Crippen LogP contribution in [-0.2, 0) is 14.8 Å². The van der Waals surface area contributed by atoms with Gasteiger partial charge in [0.15, 0.2) is 0 Å². The Bertz CT molecular complexity index is 1020. The minimum Gasteiger partial charge on any atom is -0.492 e. The molecule has 0 aromatic heterocycles. The van der Waals surface area contributed by atoms with Gasteiger partial charge in [-0.3, -0.25) is 9.10 Å². The molecule has 0 saturated carbocycles. The molecule has 170 valence electrons. The van der Waals surface area contributed by atoms with Gasteiger partial charge in [0, 0.05) is 13.0 Å². The van der Waals surface area contributed by atoms with Crippen LogP contribution in [0.5, 0.6) is 5.75 Å². The van der Waals surface area contributed by atoms with Crippen molar-refractivity contribution in [2.45, 2.75) is 53.5 Å². The highest BCUT2D eigenvalue weighted by Crippen LogP contribution is 2.30. The number of nitrogens with one attached hydrogen (secondary N) is 1. The second-order valence-corrected chi connectivity index (χ2v) is 9.83. The molecule has 7 heteroatoms. The molecule has 0 bridgehead atoms. The summed E-state index contributed by atoms with van der Waals surface area (Å²) >= 11 is 0. The summed E-state index contributed by atoms with van der Waals surface area (Å²) < 4.78 is 31.7. The van der Waals surface area contributed by atoms with Gasteiger partial charge in [0.1, 0.15) is 5.75 Å². The lowest BCUT2D eigenvalue weighted by atomic mass is 9.96. The van der Waals surface area contributed by atoms with Gasteiger partial charge in [0.05, 0.1) is 24.6 Å². The molecule has 0 radical (unpaired) electrons. The highest BCUT2D eigenvalue weighted by molar-refractivity contribution is 7.92. The Morgan fingerprint density at radius 3 is 2.39 bits per heavy atom. The third-order valence-electron chi connectivity index (χ3n) is 5.33. The minimum atomic E-state index is -3.52. The van der Waals surface area contributed by atoms with E-state index in [1.807, 2.05) is 20.8 Å². The summed E-state index contributed by atoms with van der Waals surface area (Å²) in [7, 11) is -3.52. The number of hydrogen-bond donors (Lipinski definition) is 1. The van der Waals surface area contributed by atoms with Gasteiger partial charge in [0.2, 0.25) is 15.9 Å². The maximum Gasteiger partial charge on any atom is 0.232 e. The molecule has 1 N–H and O–H groups in total. The van der Waals surface area contributed by atoms with Crippen LogP contribution in [0, 0.1) is 20.8 Å². The number of carbonyl (C=O) groups is 1. The van der Waals surface area contributed by atoms with Gasteiger partial charge >= 0.3 is 0 Å². The van der Waals surface area contributed by atoms with Crippen molar-refractivity contribution in [3.63, 3.8) is 0 Å². The first-order valence-electron chi connectivity index (χ1n) is 10.6. The van der Waals surface area contributed by atoms with E-state index in [0.717, 1.165) is 11.1 Å². The van der Waals surface area contributed by atoms with Crippen LogP contribution < -0.4 is 14.4 Å². The first-order valence-corrected chi connectivity index (χ1v) is 12.5. The monoisotopic (exact) mass is 446 g/mol. The normalized spacial score (nSPS) is 12.3. The molecule has 0 aliphatic rings. The highest BCUT2D eigenvalue weighted by atomic mass is 32.2. The minimum absolute atomic E-state index is 0.100. The molecule has 0 fully saturated rings. The summed E-state index contributed by atoms with van der Waals surface area (Å²) in [6, 6.07) is 11.2. The van der Waals surface area contributed by atoms with Gasteiger partial charge in [-0.2, -0.15) is 0 Å². The lowest BCUT2D eigenvalue weighted by molar-refractivity contribution is -0.121. The van der Waals surface area contributed by atoms with Crippen molar-refractivity contribution in [1.29, 1.82) is 0 Å². The molecular formula is C24H34N2O4S. The number of nitrogens with zero attached hydrogens (tertiary/aromatic N) is 1. The number of aryl methyl sites for hydroxylation is 3. The fourth-order valence-corrected chi connectivity index (χ4v) is 4.60. The number of rotatable bonds is 10. The van der Waals surface area contributed by atoms with Crippen molar-refractivity contribution in [2.24, 2.45) is 0 Å². The van der Waals surface area contributed by atoms with Gasteiger partial charge in [0.25, 0.3) is 0 Å². The van der Waals surface area contributed by atoms with Crippen molar-refractivity contribution in [1.82, 2.24) is 5.32 Å². The van der Waals surface area contributed by atoms with E-state index < -0.39 is 10.0 Å². The molecule has 0 spiro atoms. The molecule has 1 amide bonds. The van der Waals surface area contributed by atoms with Crippen LogP contribution in [0.2, 0.25) is 0 Å². The van der Waals surface area contributed by atoms with E-state index in [0.29, 0.717) is 24.5 Å². The van der Waals surface area contributed by atoms with Crippen LogP contribution in [0.4, 0.5) is 5.69 Å². The summed E-state index contributed by atoms with van der Waals surface area (Å²) in [5.74, 6) is 0.412. The summed E-state index contributed by atoms with van der Waals surface area (Å²) in [6.45, 7) is 10.6. The van der Waals surface area contributed by atoms with Crippen molar-refractivity contribution < 1.29 is 17.9 Å². The van der Waals surface area contributed by atoms with E-state index in [-0.39, 0.29) is 24.9 Å². The Morgan fingerprint density at radius 2 is 1.74 bits per heavy atom. The number of carbonyl (C=O) groups excluding carboxylic acids is 1. The van der Waals surface area contributed by atoms with Gasteiger partial charge in [-0.05, 0) is 75.4 Å². The van der Waals surface area contributed by atoms with E-state index in [1.165, 1.54) is 21.7 Å². The second kappa shape index (κ2) is 10.7. The van der Waals surface area contributed by atoms with Crippen LogP contribution in [0.25, 0.3) is 0 Å². The molecule has 0 aliphatic carbocycles. The van der Waals surface area contributed by atoms with Crippen LogP contribution >= 0.6 is 0 Å². The predicted molar refractivity (Wildman–Crippen MR) is 126 cm³/mol. The molecule has 31 heavy (non-hydrogen) atoms. The fourth-order valence-electron chi connectivity index (χ4n) is 3.63. The van der Waals surface area contributed by atoms with Crippen LogP contribution in [-0.4, -0.2) is 33.7 Å². The van der Waals surface area contributed by atoms with E-state index >= 15 is 0 Å². The zero-order valence-corrected chi connectivity index (χ0v) is 20.2. The average molecular weight is 447 g/mol. The SMILES string of the molecule is CCOc1ccccc1N(CCCC(=O)N[C@H](C)c1cc(C)c(C)cc1C)S(C)(=O)=O. The number of sulfonamides is 1. The number of para-hydroxylation sites is 2. The average Bonchev–Trinajstić information content (AvgIpc) is 2.68. The molecule has 2 rings (SSSR count). The number of amides is 1.